The molecule has 2 aromatic heterocycles. The highest BCUT2D eigenvalue weighted by atomic mass is 32.1. The van der Waals surface area contributed by atoms with Crippen LogP contribution in [0.25, 0.3) is 22.3 Å². The Hall–Kier alpha value is -2.01. The van der Waals surface area contributed by atoms with Gasteiger partial charge in [-0.2, -0.15) is 9.36 Å². The first kappa shape index (κ1) is 13.0. The average molecular weight is 284 g/mol. The van der Waals surface area contributed by atoms with Gasteiger partial charge >= 0.3 is 0 Å². The molecule has 0 fully saturated rings. The number of benzene rings is 1. The monoisotopic (exact) mass is 284 g/mol. The first-order chi connectivity index (χ1) is 9.51. The quantitative estimate of drug-likeness (QED) is 0.773. The largest absolute Gasteiger partial charge is 0.356 e. The molecule has 0 aliphatic carbocycles. The first-order valence-electron chi connectivity index (χ1n) is 6.48. The van der Waals surface area contributed by atoms with Crippen molar-refractivity contribution in [2.75, 3.05) is 5.32 Å². The fourth-order valence-electron chi connectivity index (χ4n) is 1.93. The molecule has 0 unspecified atom stereocenters. The molecular weight excluding hydrogens is 268 g/mol. The third kappa shape index (κ3) is 2.77. The van der Waals surface area contributed by atoms with E-state index < -0.39 is 0 Å². The summed E-state index contributed by atoms with van der Waals surface area (Å²) in [5.41, 5.74) is 1.99. The van der Waals surface area contributed by atoms with Crippen LogP contribution in [0.15, 0.2) is 36.5 Å². The van der Waals surface area contributed by atoms with Gasteiger partial charge in [-0.1, -0.05) is 6.07 Å². The number of nitrogens with one attached hydrogen (secondary N) is 1. The molecule has 1 aromatic carbocycles. The summed E-state index contributed by atoms with van der Waals surface area (Å²) in [6.45, 7) is 6.32. The van der Waals surface area contributed by atoms with Gasteiger partial charge in [-0.25, -0.2) is 0 Å². The van der Waals surface area contributed by atoms with E-state index in [0.29, 0.717) is 0 Å². The summed E-state index contributed by atoms with van der Waals surface area (Å²) < 4.78 is 4.43. The number of hydrogen-bond donors (Lipinski definition) is 1. The van der Waals surface area contributed by atoms with E-state index in [2.05, 4.69) is 46.5 Å². The number of aromatic nitrogens is 3. The molecule has 0 spiro atoms. The molecule has 3 aromatic rings. The van der Waals surface area contributed by atoms with Crippen LogP contribution >= 0.6 is 11.5 Å². The van der Waals surface area contributed by atoms with Crippen LogP contribution in [0.2, 0.25) is 0 Å². The van der Waals surface area contributed by atoms with E-state index in [4.69, 9.17) is 0 Å². The van der Waals surface area contributed by atoms with Gasteiger partial charge in [0.25, 0.3) is 0 Å². The van der Waals surface area contributed by atoms with E-state index >= 15 is 0 Å². The van der Waals surface area contributed by atoms with Crippen molar-refractivity contribution in [2.45, 2.75) is 26.3 Å². The predicted molar refractivity (Wildman–Crippen MR) is 84.0 cm³/mol. The normalized spacial score (nSPS) is 11.8. The Kier molecular flexibility index (Phi) is 3.14. The molecule has 1 N–H and O–H groups in total. The van der Waals surface area contributed by atoms with Crippen LogP contribution in [-0.4, -0.2) is 19.9 Å². The summed E-state index contributed by atoms with van der Waals surface area (Å²) in [5, 5.41) is 5.29. The van der Waals surface area contributed by atoms with E-state index in [1.807, 2.05) is 24.3 Å². The van der Waals surface area contributed by atoms with Crippen molar-refractivity contribution >= 4 is 27.6 Å². The molecule has 2 heterocycles. The van der Waals surface area contributed by atoms with E-state index in [1.54, 1.807) is 6.20 Å². The number of hydrogen-bond acceptors (Lipinski definition) is 5. The van der Waals surface area contributed by atoms with Crippen LogP contribution < -0.4 is 5.32 Å². The molecule has 5 heteroatoms. The summed E-state index contributed by atoms with van der Waals surface area (Å²) in [6, 6.07) is 10.1. The molecule has 0 aliphatic rings. The van der Waals surface area contributed by atoms with Crippen molar-refractivity contribution in [2.24, 2.45) is 0 Å². The third-order valence-corrected chi connectivity index (χ3v) is 3.40. The molecule has 0 radical (unpaired) electrons. The summed E-state index contributed by atoms with van der Waals surface area (Å²) >= 11 is 1.39. The summed E-state index contributed by atoms with van der Waals surface area (Å²) in [6.07, 6.45) is 1.80. The summed E-state index contributed by atoms with van der Waals surface area (Å²) in [4.78, 5) is 8.87. The van der Waals surface area contributed by atoms with Crippen LogP contribution in [0.3, 0.4) is 0 Å². The van der Waals surface area contributed by atoms with Gasteiger partial charge in [0.2, 0.25) is 5.13 Å². The highest BCUT2D eigenvalue weighted by Gasteiger charge is 2.13. The Labute approximate surface area is 122 Å². The predicted octanol–water partition coefficient (Wildman–Crippen LogP) is 3.96. The maximum atomic E-state index is 4.55. The lowest BCUT2D eigenvalue weighted by molar-refractivity contribution is 0.633. The van der Waals surface area contributed by atoms with E-state index in [9.17, 15) is 0 Å². The van der Waals surface area contributed by atoms with Crippen molar-refractivity contribution < 1.29 is 0 Å². The van der Waals surface area contributed by atoms with Crippen LogP contribution in [0.1, 0.15) is 20.8 Å². The summed E-state index contributed by atoms with van der Waals surface area (Å²) in [7, 11) is 0. The zero-order chi connectivity index (χ0) is 14.2. The average Bonchev–Trinajstić information content (AvgIpc) is 2.84. The second-order valence-electron chi connectivity index (χ2n) is 5.71. The first-order valence-corrected chi connectivity index (χ1v) is 7.26. The molecule has 0 amide bonds. The lowest BCUT2D eigenvalue weighted by Gasteiger charge is -2.18. The van der Waals surface area contributed by atoms with Crippen molar-refractivity contribution in [1.82, 2.24) is 14.3 Å². The minimum atomic E-state index is -0.00981. The van der Waals surface area contributed by atoms with Crippen LogP contribution in [0.5, 0.6) is 0 Å². The second kappa shape index (κ2) is 4.83. The van der Waals surface area contributed by atoms with E-state index in [1.165, 1.54) is 11.5 Å². The molecule has 3 rings (SSSR count). The van der Waals surface area contributed by atoms with Gasteiger partial charge in [-0.05, 0) is 45.0 Å². The smallest absolute Gasteiger partial charge is 0.203 e. The lowest BCUT2D eigenvalue weighted by atomic mass is 10.1. The Morgan fingerprint density at radius 2 is 2.00 bits per heavy atom. The van der Waals surface area contributed by atoms with Crippen LogP contribution in [-0.2, 0) is 0 Å². The zero-order valence-corrected chi connectivity index (χ0v) is 12.5. The van der Waals surface area contributed by atoms with Gasteiger partial charge in [0.15, 0.2) is 5.82 Å². The van der Waals surface area contributed by atoms with Gasteiger partial charge in [0.05, 0.1) is 5.52 Å². The number of pyridine rings is 1. The van der Waals surface area contributed by atoms with Crippen molar-refractivity contribution in [1.29, 1.82) is 0 Å². The molecule has 0 atom stereocenters. The van der Waals surface area contributed by atoms with E-state index in [0.717, 1.165) is 27.4 Å². The topological polar surface area (TPSA) is 50.7 Å². The fraction of sp³-hybridized carbons (Fsp3) is 0.267. The minimum Gasteiger partial charge on any atom is -0.356 e. The van der Waals surface area contributed by atoms with Crippen LogP contribution in [0, 0.1) is 0 Å². The highest BCUT2D eigenvalue weighted by Crippen LogP contribution is 2.25. The van der Waals surface area contributed by atoms with Gasteiger partial charge in [0, 0.05) is 34.2 Å². The molecule has 0 saturated carbocycles. The van der Waals surface area contributed by atoms with Gasteiger partial charge in [-0.3, -0.25) is 4.98 Å². The van der Waals surface area contributed by atoms with Crippen LogP contribution in [0.4, 0.5) is 5.13 Å². The number of fused-ring (bicyclic) bond motifs is 1. The highest BCUT2D eigenvalue weighted by molar-refractivity contribution is 7.09. The molecule has 0 aliphatic heterocycles. The Morgan fingerprint density at radius 1 is 1.15 bits per heavy atom. The minimum absolute atomic E-state index is 0.00981. The fourth-order valence-corrected chi connectivity index (χ4v) is 2.73. The van der Waals surface area contributed by atoms with Gasteiger partial charge in [0.1, 0.15) is 0 Å². The second-order valence-corrected chi connectivity index (χ2v) is 6.46. The molecule has 20 heavy (non-hydrogen) atoms. The van der Waals surface area contributed by atoms with Crippen molar-refractivity contribution in [3.05, 3.63) is 36.5 Å². The number of rotatable bonds is 2. The lowest BCUT2D eigenvalue weighted by Crippen LogP contribution is -2.25. The SMILES string of the molecule is CC(C)(C)Nc1nc(-c2ccc3ncccc3c2)ns1. The Balaban J connectivity index is 1.95. The van der Waals surface area contributed by atoms with Crippen molar-refractivity contribution in [3.63, 3.8) is 0 Å². The standard InChI is InChI=1S/C15H16N4S/c1-15(2,3)18-14-17-13(19-20-14)11-6-7-12-10(9-11)5-4-8-16-12/h4-9H,1-3H3,(H,17,18,19). The van der Waals surface area contributed by atoms with Gasteiger partial charge in [-0.15, -0.1) is 0 Å². The van der Waals surface area contributed by atoms with Crippen molar-refractivity contribution in [3.8, 4) is 11.4 Å². The molecule has 102 valence electrons. The molecule has 4 nitrogen and oxygen atoms in total. The van der Waals surface area contributed by atoms with Gasteiger partial charge < -0.3 is 5.32 Å². The Bertz CT molecular complexity index is 743. The molecule has 0 bridgehead atoms. The molecule has 0 saturated heterocycles. The Morgan fingerprint density at radius 3 is 2.80 bits per heavy atom. The zero-order valence-electron chi connectivity index (χ0n) is 11.7. The molecular formula is C15H16N4S. The number of nitrogens with zero attached hydrogens (tertiary/aromatic N) is 3. The summed E-state index contributed by atoms with van der Waals surface area (Å²) in [5.74, 6) is 0.757. The maximum absolute atomic E-state index is 4.55. The third-order valence-electron chi connectivity index (χ3n) is 2.77. The maximum Gasteiger partial charge on any atom is 0.203 e. The number of anilines is 1. The van der Waals surface area contributed by atoms with E-state index in [-0.39, 0.29) is 5.54 Å².